The van der Waals surface area contributed by atoms with Crippen LogP contribution in [0.4, 0.5) is 0 Å². The minimum Gasteiger partial charge on any atom is -0.481 e. The van der Waals surface area contributed by atoms with E-state index in [1.807, 2.05) is 12.1 Å². The van der Waals surface area contributed by atoms with Gasteiger partial charge in [0.2, 0.25) is 0 Å². The largest absolute Gasteiger partial charge is 0.481 e. The molecule has 9 atom stereocenters. The number of nitrogens with zero attached hydrogens (tertiary/aromatic N) is 1. The van der Waals surface area contributed by atoms with Crippen molar-refractivity contribution in [2.75, 3.05) is 26.2 Å². The number of hydrogen-bond acceptors (Lipinski definition) is 4. The normalized spacial score (nSPS) is 37.4. The smallest absolute Gasteiger partial charge is 0.335 e. The minimum atomic E-state index is -0.868. The quantitative estimate of drug-likeness (QED) is 0.201. The zero-order valence-corrected chi connectivity index (χ0v) is 32.0. The van der Waals surface area contributed by atoms with E-state index in [-0.39, 0.29) is 22.3 Å². The molecule has 6 nitrogen and oxygen atoms in total. The lowest BCUT2D eigenvalue weighted by Gasteiger charge is -2.59. The van der Waals surface area contributed by atoms with Gasteiger partial charge in [0.1, 0.15) is 0 Å². The Labute approximate surface area is 302 Å². The number of carboxylic acid groups (broad SMARTS) is 2. The van der Waals surface area contributed by atoms with Crippen LogP contribution in [0.5, 0.6) is 0 Å². The van der Waals surface area contributed by atoms with Crippen molar-refractivity contribution in [1.29, 1.82) is 0 Å². The van der Waals surface area contributed by atoms with Crippen LogP contribution in [0.1, 0.15) is 128 Å². The summed E-state index contributed by atoms with van der Waals surface area (Å²) in [6.45, 7) is 23.2. The maximum atomic E-state index is 11.5. The Morgan fingerprint density at radius 3 is 2.24 bits per heavy atom. The first-order valence-electron chi connectivity index (χ1n) is 20.1. The van der Waals surface area contributed by atoms with E-state index in [2.05, 4.69) is 64.4 Å². The van der Waals surface area contributed by atoms with E-state index in [0.717, 1.165) is 51.4 Å². The SMILES string of the molecule is C=C(C)C1CCC2(NCCN3CCC(C(=O)O)CC3)CCC(C)C(CCC3C(C)CCC4C(C)(C)C(c5ccc(C(=O)O)cc5)=CCC34C)C12. The predicted octanol–water partition coefficient (Wildman–Crippen LogP) is 9.42. The van der Waals surface area contributed by atoms with E-state index < -0.39 is 11.9 Å². The van der Waals surface area contributed by atoms with Crippen molar-refractivity contribution in [3.63, 3.8) is 0 Å². The van der Waals surface area contributed by atoms with Gasteiger partial charge in [0, 0.05) is 18.6 Å². The van der Waals surface area contributed by atoms with Crippen LogP contribution in [-0.2, 0) is 4.79 Å². The number of benzene rings is 1. The fraction of sp³-hybridized carbons (Fsp3) is 0.727. The van der Waals surface area contributed by atoms with Crippen LogP contribution in [0.3, 0.4) is 0 Å². The molecule has 1 heterocycles. The standard InChI is InChI=1S/C44H66N2O4/c1-28(2)34-17-23-44(45-24-27-46-25-19-33(20-26-46)41(49)50)22-16-29(3)35(39(34)44)13-14-36-30(4)8-15-38-42(5,6)37(18-21-43(36,38)7)31-9-11-32(12-10-31)40(47)48/h9-12,18,29-30,33-36,38-39,45H,1,8,13-17,19-27H2,2-7H3,(H,47,48)(H,49,50). The number of nitrogens with one attached hydrogen (secondary N) is 1. The topological polar surface area (TPSA) is 89.9 Å². The molecular weight excluding hydrogens is 620 g/mol. The average molecular weight is 687 g/mol. The van der Waals surface area contributed by atoms with Crippen molar-refractivity contribution in [2.24, 2.45) is 58.2 Å². The Morgan fingerprint density at radius 2 is 1.60 bits per heavy atom. The molecule has 5 aliphatic rings. The van der Waals surface area contributed by atoms with Gasteiger partial charge in [0.25, 0.3) is 0 Å². The molecule has 1 aromatic carbocycles. The number of rotatable bonds is 11. The monoisotopic (exact) mass is 687 g/mol. The molecule has 1 aromatic rings. The third kappa shape index (κ3) is 6.89. The second kappa shape index (κ2) is 14.5. The van der Waals surface area contributed by atoms with Gasteiger partial charge in [-0.05, 0) is 160 Å². The third-order valence-corrected chi connectivity index (χ3v) is 15.5. The molecule has 0 bridgehead atoms. The summed E-state index contributed by atoms with van der Waals surface area (Å²) >= 11 is 0. The summed E-state index contributed by atoms with van der Waals surface area (Å²) in [5.41, 5.74) is 4.74. The van der Waals surface area contributed by atoms with Gasteiger partial charge in [-0.3, -0.25) is 4.79 Å². The summed E-state index contributed by atoms with van der Waals surface area (Å²) in [7, 11) is 0. The van der Waals surface area contributed by atoms with E-state index in [0.29, 0.717) is 41.1 Å². The van der Waals surface area contributed by atoms with Crippen molar-refractivity contribution in [2.45, 2.75) is 118 Å². The Balaban J connectivity index is 1.18. The average Bonchev–Trinajstić information content (AvgIpc) is 3.45. The van der Waals surface area contributed by atoms with Crippen LogP contribution >= 0.6 is 0 Å². The second-order valence-electron chi connectivity index (χ2n) is 18.5. The van der Waals surface area contributed by atoms with Crippen LogP contribution in [-0.4, -0.2) is 58.8 Å². The number of fused-ring (bicyclic) bond motifs is 2. The summed E-state index contributed by atoms with van der Waals surface area (Å²) in [6, 6.07) is 7.57. The zero-order chi connectivity index (χ0) is 36.0. The molecule has 3 saturated carbocycles. The van der Waals surface area contributed by atoms with Crippen molar-refractivity contribution in [3.8, 4) is 0 Å². The van der Waals surface area contributed by atoms with E-state index in [1.54, 1.807) is 12.1 Å². The Hall–Kier alpha value is -2.44. The van der Waals surface area contributed by atoms with Gasteiger partial charge < -0.3 is 20.4 Å². The molecule has 1 aliphatic heterocycles. The summed E-state index contributed by atoms with van der Waals surface area (Å²) in [5.74, 6) is 2.94. The van der Waals surface area contributed by atoms with Crippen LogP contribution in [0.15, 0.2) is 42.5 Å². The van der Waals surface area contributed by atoms with Crippen LogP contribution in [0, 0.1) is 58.2 Å². The first-order chi connectivity index (χ1) is 23.7. The highest BCUT2D eigenvalue weighted by atomic mass is 16.4. The number of hydrogen-bond donors (Lipinski definition) is 3. The highest BCUT2D eigenvalue weighted by Crippen LogP contribution is 2.64. The Morgan fingerprint density at radius 1 is 0.920 bits per heavy atom. The van der Waals surface area contributed by atoms with Crippen LogP contribution < -0.4 is 5.32 Å². The first-order valence-corrected chi connectivity index (χ1v) is 20.1. The molecule has 0 amide bonds. The molecule has 0 radical (unpaired) electrons. The number of likely N-dealkylation sites (tertiary alicyclic amines) is 1. The molecule has 0 spiro atoms. The van der Waals surface area contributed by atoms with E-state index in [9.17, 15) is 19.8 Å². The zero-order valence-electron chi connectivity index (χ0n) is 32.0. The number of carbonyl (C=O) groups is 2. The molecule has 0 aromatic heterocycles. The van der Waals surface area contributed by atoms with Gasteiger partial charge in [-0.15, -0.1) is 0 Å². The number of aliphatic carboxylic acids is 1. The van der Waals surface area contributed by atoms with E-state index in [1.165, 1.54) is 68.1 Å². The number of aromatic carboxylic acids is 1. The fourth-order valence-corrected chi connectivity index (χ4v) is 12.8. The Bertz CT molecular complexity index is 1440. The summed E-state index contributed by atoms with van der Waals surface area (Å²) < 4.78 is 0. The summed E-state index contributed by atoms with van der Waals surface area (Å²) in [6.07, 6.45) is 15.3. The van der Waals surface area contributed by atoms with E-state index >= 15 is 0 Å². The molecule has 6 heteroatoms. The molecule has 50 heavy (non-hydrogen) atoms. The summed E-state index contributed by atoms with van der Waals surface area (Å²) in [5, 5.41) is 23.1. The molecule has 276 valence electrons. The highest BCUT2D eigenvalue weighted by Gasteiger charge is 2.57. The van der Waals surface area contributed by atoms with Gasteiger partial charge in [-0.2, -0.15) is 0 Å². The molecule has 1 saturated heterocycles. The lowest BCUT2D eigenvalue weighted by Crippen LogP contribution is -2.57. The molecule has 6 rings (SSSR count). The molecule has 3 N–H and O–H groups in total. The van der Waals surface area contributed by atoms with Crippen molar-refractivity contribution >= 4 is 17.5 Å². The first kappa shape index (κ1) is 37.3. The number of carboxylic acids is 2. The maximum Gasteiger partial charge on any atom is 0.335 e. The highest BCUT2D eigenvalue weighted by molar-refractivity contribution is 5.88. The second-order valence-corrected chi connectivity index (χ2v) is 18.5. The molecule has 9 unspecified atom stereocenters. The van der Waals surface area contributed by atoms with Crippen molar-refractivity contribution in [3.05, 3.63) is 53.6 Å². The Kier molecular flexibility index (Phi) is 10.8. The number of piperidine rings is 1. The predicted molar refractivity (Wildman–Crippen MR) is 203 cm³/mol. The number of allylic oxidation sites excluding steroid dienone is 3. The maximum absolute atomic E-state index is 11.5. The fourth-order valence-electron chi connectivity index (χ4n) is 12.8. The van der Waals surface area contributed by atoms with Crippen LogP contribution in [0.2, 0.25) is 0 Å². The molecule has 4 fully saturated rings. The lowest BCUT2D eigenvalue weighted by molar-refractivity contribution is -0.143. The molecule has 4 aliphatic carbocycles. The van der Waals surface area contributed by atoms with Gasteiger partial charge in [0.05, 0.1) is 11.5 Å². The van der Waals surface area contributed by atoms with Gasteiger partial charge in [0.15, 0.2) is 0 Å². The lowest BCUT2D eigenvalue weighted by atomic mass is 9.45. The van der Waals surface area contributed by atoms with E-state index in [4.69, 9.17) is 0 Å². The van der Waals surface area contributed by atoms with Gasteiger partial charge >= 0.3 is 11.9 Å². The van der Waals surface area contributed by atoms with Crippen LogP contribution in [0.25, 0.3) is 5.57 Å². The minimum absolute atomic E-state index is 0.0206. The van der Waals surface area contributed by atoms with Gasteiger partial charge in [-0.25, -0.2) is 4.79 Å². The van der Waals surface area contributed by atoms with Crippen molar-refractivity contribution in [1.82, 2.24) is 10.2 Å². The third-order valence-electron chi connectivity index (χ3n) is 15.5. The molecular formula is C44H66N2O4. The summed E-state index contributed by atoms with van der Waals surface area (Å²) in [4.78, 5) is 25.5. The van der Waals surface area contributed by atoms with Gasteiger partial charge in [-0.1, -0.05) is 71.4 Å². The van der Waals surface area contributed by atoms with Crippen molar-refractivity contribution < 1.29 is 19.8 Å².